The molecule has 1 N–H and O–H groups in total. The normalized spacial score (nSPS) is 25.0. The van der Waals surface area contributed by atoms with Crippen molar-refractivity contribution in [2.75, 3.05) is 33.2 Å². The average Bonchev–Trinajstić information content (AvgIpc) is 3.11. The second-order valence-electron chi connectivity index (χ2n) is 5.33. The van der Waals surface area contributed by atoms with Gasteiger partial charge in [-0.15, -0.1) is 0 Å². The Balaban J connectivity index is 1.69. The molecule has 1 heterocycles. The van der Waals surface area contributed by atoms with Crippen LogP contribution < -0.4 is 5.32 Å². The SMILES string of the molecule is CCCNC1CCN(CCN(C)C2CC2)C1=O. The van der Waals surface area contributed by atoms with Crippen LogP contribution in [0.2, 0.25) is 0 Å². The number of carbonyl (C=O) groups excluding carboxylic acids is 1. The van der Waals surface area contributed by atoms with E-state index in [4.69, 9.17) is 0 Å². The highest BCUT2D eigenvalue weighted by molar-refractivity contribution is 5.83. The van der Waals surface area contributed by atoms with E-state index in [1.807, 2.05) is 4.90 Å². The summed E-state index contributed by atoms with van der Waals surface area (Å²) in [5.41, 5.74) is 0. The van der Waals surface area contributed by atoms with Gasteiger partial charge in [-0.05, 0) is 39.3 Å². The molecule has 0 aromatic heterocycles. The van der Waals surface area contributed by atoms with Gasteiger partial charge >= 0.3 is 0 Å². The predicted molar refractivity (Wildman–Crippen MR) is 68.9 cm³/mol. The van der Waals surface area contributed by atoms with Crippen molar-refractivity contribution in [3.8, 4) is 0 Å². The van der Waals surface area contributed by atoms with Gasteiger partial charge in [-0.1, -0.05) is 6.92 Å². The Morgan fingerprint density at radius 2 is 2.18 bits per heavy atom. The number of likely N-dealkylation sites (tertiary alicyclic amines) is 1. The fourth-order valence-electron chi connectivity index (χ4n) is 2.45. The molecule has 2 rings (SSSR count). The zero-order valence-corrected chi connectivity index (χ0v) is 11.1. The standard InChI is InChI=1S/C13H25N3O/c1-3-7-14-12-6-8-16(13(12)17)10-9-15(2)11-4-5-11/h11-12,14H,3-10H2,1-2H3. The number of hydrogen-bond donors (Lipinski definition) is 1. The predicted octanol–water partition coefficient (Wildman–Crippen LogP) is 0.681. The van der Waals surface area contributed by atoms with Crippen LogP contribution in [0.25, 0.3) is 0 Å². The first-order chi connectivity index (χ1) is 8.22. The Bertz CT molecular complexity index is 265. The van der Waals surface area contributed by atoms with Crippen LogP contribution >= 0.6 is 0 Å². The Labute approximate surface area is 104 Å². The molecule has 0 radical (unpaired) electrons. The van der Waals surface area contributed by atoms with Crippen molar-refractivity contribution in [2.45, 2.75) is 44.7 Å². The smallest absolute Gasteiger partial charge is 0.239 e. The first-order valence-electron chi connectivity index (χ1n) is 6.94. The van der Waals surface area contributed by atoms with Gasteiger partial charge in [-0.25, -0.2) is 0 Å². The summed E-state index contributed by atoms with van der Waals surface area (Å²) in [7, 11) is 2.17. The number of likely N-dealkylation sites (N-methyl/N-ethyl adjacent to an activating group) is 1. The molecule has 17 heavy (non-hydrogen) atoms. The van der Waals surface area contributed by atoms with Gasteiger partial charge in [0.15, 0.2) is 0 Å². The lowest BCUT2D eigenvalue weighted by Gasteiger charge is -2.21. The molecule has 2 aliphatic rings. The van der Waals surface area contributed by atoms with Crippen LogP contribution in [-0.4, -0.2) is 61.0 Å². The zero-order chi connectivity index (χ0) is 12.3. The minimum atomic E-state index is 0.0844. The summed E-state index contributed by atoms with van der Waals surface area (Å²) in [6.45, 7) is 5.94. The summed E-state index contributed by atoms with van der Waals surface area (Å²) in [4.78, 5) is 16.5. The maximum absolute atomic E-state index is 12.1. The van der Waals surface area contributed by atoms with E-state index in [1.54, 1.807) is 0 Å². The molecule has 98 valence electrons. The molecule has 0 aromatic rings. The van der Waals surface area contributed by atoms with Gasteiger partial charge in [-0.2, -0.15) is 0 Å². The van der Waals surface area contributed by atoms with Crippen LogP contribution in [0.4, 0.5) is 0 Å². The number of rotatable bonds is 7. The molecule has 1 saturated carbocycles. The molecule has 4 heteroatoms. The van der Waals surface area contributed by atoms with E-state index < -0.39 is 0 Å². The van der Waals surface area contributed by atoms with Crippen molar-refractivity contribution in [1.82, 2.24) is 15.1 Å². The highest BCUT2D eigenvalue weighted by Crippen LogP contribution is 2.25. The van der Waals surface area contributed by atoms with Gasteiger partial charge in [0.25, 0.3) is 0 Å². The number of hydrogen-bond acceptors (Lipinski definition) is 3. The largest absolute Gasteiger partial charge is 0.340 e. The van der Waals surface area contributed by atoms with E-state index in [2.05, 4.69) is 24.2 Å². The first-order valence-corrected chi connectivity index (χ1v) is 6.94. The van der Waals surface area contributed by atoms with Crippen molar-refractivity contribution in [1.29, 1.82) is 0 Å². The molecule has 1 saturated heterocycles. The van der Waals surface area contributed by atoms with Crippen LogP contribution in [0.3, 0.4) is 0 Å². The first kappa shape index (κ1) is 12.8. The molecule has 0 spiro atoms. The highest BCUT2D eigenvalue weighted by atomic mass is 16.2. The van der Waals surface area contributed by atoms with E-state index in [9.17, 15) is 4.79 Å². The second-order valence-corrected chi connectivity index (χ2v) is 5.33. The number of nitrogens with one attached hydrogen (secondary N) is 1. The summed E-state index contributed by atoms with van der Waals surface area (Å²) in [5, 5.41) is 3.33. The van der Waals surface area contributed by atoms with Crippen molar-refractivity contribution >= 4 is 5.91 Å². The molecule has 1 aliphatic heterocycles. The summed E-state index contributed by atoms with van der Waals surface area (Å²) in [6.07, 6.45) is 4.75. The molecular weight excluding hydrogens is 214 g/mol. The molecule has 1 atom stereocenters. The molecule has 0 aromatic carbocycles. The van der Waals surface area contributed by atoms with Crippen LogP contribution in [0.15, 0.2) is 0 Å². The average molecular weight is 239 g/mol. The van der Waals surface area contributed by atoms with E-state index >= 15 is 0 Å². The Kier molecular flexibility index (Phi) is 4.40. The van der Waals surface area contributed by atoms with Crippen molar-refractivity contribution in [3.63, 3.8) is 0 Å². The third kappa shape index (κ3) is 3.42. The zero-order valence-electron chi connectivity index (χ0n) is 11.1. The lowest BCUT2D eigenvalue weighted by molar-refractivity contribution is -0.129. The minimum absolute atomic E-state index is 0.0844. The lowest BCUT2D eigenvalue weighted by Crippen LogP contribution is -2.41. The van der Waals surface area contributed by atoms with Gasteiger partial charge < -0.3 is 15.1 Å². The maximum Gasteiger partial charge on any atom is 0.239 e. The third-order valence-electron chi connectivity index (χ3n) is 3.83. The Morgan fingerprint density at radius 3 is 2.82 bits per heavy atom. The fraction of sp³-hybridized carbons (Fsp3) is 0.923. The highest BCUT2D eigenvalue weighted by Gasteiger charge is 2.32. The summed E-state index contributed by atoms with van der Waals surface area (Å²) in [6, 6.07) is 0.878. The van der Waals surface area contributed by atoms with Crippen LogP contribution in [0, 0.1) is 0 Å². The maximum atomic E-state index is 12.1. The molecule has 1 amide bonds. The molecule has 2 fully saturated rings. The second kappa shape index (κ2) is 5.83. The summed E-state index contributed by atoms with van der Waals surface area (Å²) < 4.78 is 0. The van der Waals surface area contributed by atoms with E-state index in [0.717, 1.165) is 45.1 Å². The van der Waals surface area contributed by atoms with E-state index in [1.165, 1.54) is 12.8 Å². The van der Waals surface area contributed by atoms with Crippen LogP contribution in [0.5, 0.6) is 0 Å². The topological polar surface area (TPSA) is 35.6 Å². The fourth-order valence-corrected chi connectivity index (χ4v) is 2.45. The summed E-state index contributed by atoms with van der Waals surface area (Å²) in [5.74, 6) is 0.308. The van der Waals surface area contributed by atoms with Gasteiger partial charge in [0.2, 0.25) is 5.91 Å². The van der Waals surface area contributed by atoms with Gasteiger partial charge in [0.1, 0.15) is 0 Å². The number of amides is 1. The van der Waals surface area contributed by atoms with E-state index in [-0.39, 0.29) is 6.04 Å². The minimum Gasteiger partial charge on any atom is -0.340 e. The molecule has 0 bridgehead atoms. The van der Waals surface area contributed by atoms with E-state index in [0.29, 0.717) is 5.91 Å². The molecule has 1 unspecified atom stereocenters. The van der Waals surface area contributed by atoms with Gasteiger partial charge in [0.05, 0.1) is 6.04 Å². The number of nitrogens with zero attached hydrogens (tertiary/aromatic N) is 2. The Morgan fingerprint density at radius 1 is 1.41 bits per heavy atom. The van der Waals surface area contributed by atoms with Crippen molar-refractivity contribution in [3.05, 3.63) is 0 Å². The molecule has 1 aliphatic carbocycles. The number of carbonyl (C=O) groups is 1. The molecular formula is C13H25N3O. The lowest BCUT2D eigenvalue weighted by atomic mass is 10.2. The molecule has 4 nitrogen and oxygen atoms in total. The Hall–Kier alpha value is -0.610. The quantitative estimate of drug-likeness (QED) is 0.710. The van der Waals surface area contributed by atoms with Crippen LogP contribution in [-0.2, 0) is 4.79 Å². The summed E-state index contributed by atoms with van der Waals surface area (Å²) >= 11 is 0. The van der Waals surface area contributed by atoms with Gasteiger partial charge in [0, 0.05) is 25.7 Å². The van der Waals surface area contributed by atoms with Crippen molar-refractivity contribution < 1.29 is 4.79 Å². The van der Waals surface area contributed by atoms with Crippen LogP contribution in [0.1, 0.15) is 32.6 Å². The van der Waals surface area contributed by atoms with Gasteiger partial charge in [-0.3, -0.25) is 4.79 Å². The third-order valence-corrected chi connectivity index (χ3v) is 3.83. The van der Waals surface area contributed by atoms with Crippen molar-refractivity contribution in [2.24, 2.45) is 0 Å². The monoisotopic (exact) mass is 239 g/mol.